The van der Waals surface area contributed by atoms with Crippen molar-refractivity contribution in [1.82, 2.24) is 0 Å². The quantitative estimate of drug-likeness (QED) is 0.909. The van der Waals surface area contributed by atoms with Crippen molar-refractivity contribution in [2.75, 3.05) is 11.4 Å². The van der Waals surface area contributed by atoms with Gasteiger partial charge in [-0.1, -0.05) is 36.4 Å². The molecule has 0 saturated carbocycles. The summed E-state index contributed by atoms with van der Waals surface area (Å²) in [5, 5.41) is 19.1. The lowest BCUT2D eigenvalue weighted by Gasteiger charge is -2.27. The van der Waals surface area contributed by atoms with Crippen LogP contribution in [-0.2, 0) is 6.54 Å². The SMILES string of the molecule is CCN(Cc1ccccc1)c1cc(C#N)ccc1[C@@H](C)O. The Morgan fingerprint density at radius 1 is 1.19 bits per heavy atom. The minimum Gasteiger partial charge on any atom is -0.389 e. The molecule has 1 N–H and O–H groups in total. The summed E-state index contributed by atoms with van der Waals surface area (Å²) in [5.74, 6) is 0. The minimum atomic E-state index is -0.558. The second kappa shape index (κ2) is 6.92. The number of benzene rings is 2. The molecule has 2 aromatic carbocycles. The highest BCUT2D eigenvalue weighted by Crippen LogP contribution is 2.28. The predicted molar refractivity (Wildman–Crippen MR) is 85.0 cm³/mol. The number of nitriles is 1. The average Bonchev–Trinajstić information content (AvgIpc) is 2.52. The molecule has 0 fully saturated rings. The van der Waals surface area contributed by atoms with Crippen LogP contribution < -0.4 is 4.90 Å². The fourth-order valence-corrected chi connectivity index (χ4v) is 2.41. The van der Waals surface area contributed by atoms with E-state index < -0.39 is 6.10 Å². The van der Waals surface area contributed by atoms with Crippen molar-refractivity contribution in [2.24, 2.45) is 0 Å². The Balaban J connectivity index is 2.39. The Morgan fingerprint density at radius 3 is 2.48 bits per heavy atom. The van der Waals surface area contributed by atoms with Crippen molar-refractivity contribution in [1.29, 1.82) is 5.26 Å². The molecule has 0 amide bonds. The second-order valence-corrected chi connectivity index (χ2v) is 5.06. The molecule has 108 valence electrons. The fraction of sp³-hybridized carbons (Fsp3) is 0.278. The average molecular weight is 280 g/mol. The van der Waals surface area contributed by atoms with Gasteiger partial charge in [0.1, 0.15) is 0 Å². The summed E-state index contributed by atoms with van der Waals surface area (Å²) in [6.07, 6.45) is -0.558. The molecule has 0 unspecified atom stereocenters. The molecule has 0 bridgehead atoms. The first-order chi connectivity index (χ1) is 10.2. The molecule has 21 heavy (non-hydrogen) atoms. The van der Waals surface area contributed by atoms with Crippen molar-refractivity contribution in [3.8, 4) is 6.07 Å². The lowest BCUT2D eigenvalue weighted by Crippen LogP contribution is -2.23. The maximum atomic E-state index is 9.97. The van der Waals surface area contributed by atoms with Crippen LogP contribution in [0.15, 0.2) is 48.5 Å². The molecule has 2 rings (SSSR count). The third-order valence-electron chi connectivity index (χ3n) is 3.55. The molecule has 0 heterocycles. The number of rotatable bonds is 5. The Bertz CT molecular complexity index is 629. The van der Waals surface area contributed by atoms with Crippen molar-refractivity contribution < 1.29 is 5.11 Å². The molecular formula is C18H20N2O. The van der Waals surface area contributed by atoms with E-state index in [1.165, 1.54) is 5.56 Å². The van der Waals surface area contributed by atoms with Crippen LogP contribution in [0.2, 0.25) is 0 Å². The summed E-state index contributed by atoms with van der Waals surface area (Å²) in [6.45, 7) is 5.39. The molecule has 3 nitrogen and oxygen atoms in total. The van der Waals surface area contributed by atoms with Crippen LogP contribution in [-0.4, -0.2) is 11.7 Å². The Kier molecular flexibility index (Phi) is 4.97. The first kappa shape index (κ1) is 15.1. The van der Waals surface area contributed by atoms with Crippen LogP contribution >= 0.6 is 0 Å². The van der Waals surface area contributed by atoms with Gasteiger partial charge in [0.2, 0.25) is 0 Å². The third-order valence-corrected chi connectivity index (χ3v) is 3.55. The van der Waals surface area contributed by atoms with Crippen LogP contribution in [0.3, 0.4) is 0 Å². The topological polar surface area (TPSA) is 47.3 Å². The van der Waals surface area contributed by atoms with Crippen LogP contribution in [0.4, 0.5) is 5.69 Å². The smallest absolute Gasteiger partial charge is 0.0992 e. The summed E-state index contributed by atoms with van der Waals surface area (Å²) < 4.78 is 0. The zero-order chi connectivity index (χ0) is 15.2. The van der Waals surface area contributed by atoms with E-state index in [0.717, 1.165) is 24.3 Å². The second-order valence-electron chi connectivity index (χ2n) is 5.06. The molecule has 0 aliphatic rings. The predicted octanol–water partition coefficient (Wildman–Crippen LogP) is 3.64. The van der Waals surface area contributed by atoms with Crippen molar-refractivity contribution >= 4 is 5.69 Å². The number of hydrogen-bond acceptors (Lipinski definition) is 3. The number of aliphatic hydroxyl groups excluding tert-OH is 1. The molecule has 0 saturated heterocycles. The van der Waals surface area contributed by atoms with E-state index in [2.05, 4.69) is 30.0 Å². The summed E-state index contributed by atoms with van der Waals surface area (Å²) in [6, 6.07) is 17.8. The molecular weight excluding hydrogens is 260 g/mol. The van der Waals surface area contributed by atoms with E-state index in [1.807, 2.05) is 30.3 Å². The monoisotopic (exact) mass is 280 g/mol. The molecule has 0 spiro atoms. The van der Waals surface area contributed by atoms with Crippen LogP contribution in [0, 0.1) is 11.3 Å². The van der Waals surface area contributed by atoms with Gasteiger partial charge in [0.15, 0.2) is 0 Å². The van der Waals surface area contributed by atoms with E-state index in [-0.39, 0.29) is 0 Å². The van der Waals surface area contributed by atoms with Gasteiger partial charge in [-0.3, -0.25) is 0 Å². The summed E-state index contributed by atoms with van der Waals surface area (Å²) in [7, 11) is 0. The molecule has 1 atom stereocenters. The van der Waals surface area contributed by atoms with E-state index in [0.29, 0.717) is 5.56 Å². The fourth-order valence-electron chi connectivity index (χ4n) is 2.41. The van der Waals surface area contributed by atoms with Gasteiger partial charge in [-0.05, 0) is 31.5 Å². The molecule has 0 aromatic heterocycles. The van der Waals surface area contributed by atoms with Gasteiger partial charge in [0.25, 0.3) is 0 Å². The van der Waals surface area contributed by atoms with Gasteiger partial charge in [0.05, 0.1) is 17.7 Å². The van der Waals surface area contributed by atoms with Crippen molar-refractivity contribution in [2.45, 2.75) is 26.5 Å². The lowest BCUT2D eigenvalue weighted by molar-refractivity contribution is 0.199. The first-order valence-corrected chi connectivity index (χ1v) is 7.16. The van der Waals surface area contributed by atoms with Gasteiger partial charge in [-0.25, -0.2) is 0 Å². The largest absolute Gasteiger partial charge is 0.389 e. The first-order valence-electron chi connectivity index (χ1n) is 7.16. The lowest BCUT2D eigenvalue weighted by atomic mass is 10.0. The number of anilines is 1. The normalized spacial score (nSPS) is 11.7. The van der Waals surface area contributed by atoms with Gasteiger partial charge in [0, 0.05) is 24.3 Å². The molecule has 0 radical (unpaired) electrons. The van der Waals surface area contributed by atoms with Crippen molar-refractivity contribution in [3.05, 3.63) is 65.2 Å². The summed E-state index contributed by atoms with van der Waals surface area (Å²) in [4.78, 5) is 2.18. The van der Waals surface area contributed by atoms with Gasteiger partial charge in [-0.2, -0.15) is 5.26 Å². The number of hydrogen-bond donors (Lipinski definition) is 1. The molecule has 2 aromatic rings. The van der Waals surface area contributed by atoms with Gasteiger partial charge in [-0.15, -0.1) is 0 Å². The van der Waals surface area contributed by atoms with Crippen molar-refractivity contribution in [3.63, 3.8) is 0 Å². The zero-order valence-corrected chi connectivity index (χ0v) is 12.5. The van der Waals surface area contributed by atoms with Crippen LogP contribution in [0.25, 0.3) is 0 Å². The highest BCUT2D eigenvalue weighted by atomic mass is 16.3. The van der Waals surface area contributed by atoms with E-state index in [1.54, 1.807) is 13.0 Å². The molecule has 0 aliphatic heterocycles. The van der Waals surface area contributed by atoms with Crippen LogP contribution in [0.1, 0.15) is 36.6 Å². The number of aliphatic hydroxyl groups is 1. The molecule has 3 heteroatoms. The Labute approximate surface area is 126 Å². The zero-order valence-electron chi connectivity index (χ0n) is 12.5. The van der Waals surface area contributed by atoms with E-state index in [9.17, 15) is 5.11 Å². The van der Waals surface area contributed by atoms with Gasteiger partial charge >= 0.3 is 0 Å². The third kappa shape index (κ3) is 3.62. The Hall–Kier alpha value is -2.31. The highest BCUT2D eigenvalue weighted by Gasteiger charge is 2.14. The number of nitrogens with zero attached hydrogens (tertiary/aromatic N) is 2. The van der Waals surface area contributed by atoms with E-state index >= 15 is 0 Å². The molecule has 0 aliphatic carbocycles. The summed E-state index contributed by atoms with van der Waals surface area (Å²) in [5.41, 5.74) is 3.60. The van der Waals surface area contributed by atoms with E-state index in [4.69, 9.17) is 5.26 Å². The minimum absolute atomic E-state index is 0.558. The maximum Gasteiger partial charge on any atom is 0.0992 e. The standard InChI is InChI=1S/C18H20N2O/c1-3-20(13-15-7-5-4-6-8-15)18-11-16(12-19)9-10-17(18)14(2)21/h4-11,14,21H,3,13H2,1-2H3/t14-/m1/s1. The Morgan fingerprint density at radius 2 is 1.90 bits per heavy atom. The van der Waals surface area contributed by atoms with Gasteiger partial charge < -0.3 is 10.0 Å². The van der Waals surface area contributed by atoms with Crippen LogP contribution in [0.5, 0.6) is 0 Å². The maximum absolute atomic E-state index is 9.97. The summed E-state index contributed by atoms with van der Waals surface area (Å²) >= 11 is 0. The highest BCUT2D eigenvalue weighted by molar-refractivity contribution is 5.58.